The first kappa shape index (κ1) is 14.4. The SMILES string of the molecule is CCCc1nnsc1C(N)Cc1cccc(Cl)c1F. The van der Waals surface area contributed by atoms with Crippen LogP contribution >= 0.6 is 23.1 Å². The van der Waals surface area contributed by atoms with Gasteiger partial charge < -0.3 is 5.73 Å². The molecule has 0 saturated carbocycles. The van der Waals surface area contributed by atoms with Crippen LogP contribution < -0.4 is 5.73 Å². The zero-order valence-electron chi connectivity index (χ0n) is 10.6. The summed E-state index contributed by atoms with van der Waals surface area (Å²) < 4.78 is 17.8. The van der Waals surface area contributed by atoms with Crippen LogP contribution in [0.15, 0.2) is 18.2 Å². The van der Waals surface area contributed by atoms with E-state index < -0.39 is 5.82 Å². The number of rotatable bonds is 5. The number of nitrogens with two attached hydrogens (primary N) is 1. The normalized spacial score (nSPS) is 12.6. The number of aromatic nitrogens is 2. The summed E-state index contributed by atoms with van der Waals surface area (Å²) in [5.41, 5.74) is 7.59. The highest BCUT2D eigenvalue weighted by Gasteiger charge is 2.18. The molecule has 2 aromatic rings. The fraction of sp³-hybridized carbons (Fsp3) is 0.385. The lowest BCUT2D eigenvalue weighted by Crippen LogP contribution is -2.14. The predicted molar refractivity (Wildman–Crippen MR) is 75.9 cm³/mol. The average molecular weight is 300 g/mol. The van der Waals surface area contributed by atoms with Gasteiger partial charge in [-0.2, -0.15) is 0 Å². The molecule has 1 aromatic carbocycles. The highest BCUT2D eigenvalue weighted by Crippen LogP contribution is 2.26. The minimum absolute atomic E-state index is 0.126. The molecule has 0 bridgehead atoms. The average Bonchev–Trinajstić information content (AvgIpc) is 2.84. The van der Waals surface area contributed by atoms with Crippen LogP contribution in [0.4, 0.5) is 4.39 Å². The number of nitrogens with zero attached hydrogens (tertiary/aromatic N) is 2. The maximum Gasteiger partial charge on any atom is 0.145 e. The molecule has 1 heterocycles. The third-order valence-corrected chi connectivity index (χ3v) is 4.07. The third-order valence-electron chi connectivity index (χ3n) is 2.88. The highest BCUT2D eigenvalue weighted by atomic mass is 35.5. The molecule has 0 fully saturated rings. The van der Waals surface area contributed by atoms with Crippen molar-refractivity contribution in [3.8, 4) is 0 Å². The van der Waals surface area contributed by atoms with E-state index in [1.54, 1.807) is 12.1 Å². The molecule has 0 aliphatic heterocycles. The van der Waals surface area contributed by atoms with Gasteiger partial charge in [0.05, 0.1) is 15.6 Å². The molecule has 2 rings (SSSR count). The Balaban J connectivity index is 2.18. The number of hydrogen-bond acceptors (Lipinski definition) is 4. The van der Waals surface area contributed by atoms with E-state index in [2.05, 4.69) is 16.5 Å². The quantitative estimate of drug-likeness (QED) is 0.919. The summed E-state index contributed by atoms with van der Waals surface area (Å²) in [4.78, 5) is 0.932. The van der Waals surface area contributed by atoms with Crippen LogP contribution in [0, 0.1) is 5.82 Å². The summed E-state index contributed by atoms with van der Waals surface area (Å²) in [5, 5.41) is 4.20. The zero-order valence-corrected chi connectivity index (χ0v) is 12.1. The molecule has 3 nitrogen and oxygen atoms in total. The van der Waals surface area contributed by atoms with Gasteiger partial charge in [0.2, 0.25) is 0 Å². The summed E-state index contributed by atoms with van der Waals surface area (Å²) in [6, 6.07) is 4.66. The number of halogens is 2. The van der Waals surface area contributed by atoms with Gasteiger partial charge in [0, 0.05) is 6.04 Å². The molecule has 1 aromatic heterocycles. The second-order valence-electron chi connectivity index (χ2n) is 4.36. The van der Waals surface area contributed by atoms with Crippen molar-refractivity contribution in [2.75, 3.05) is 0 Å². The monoisotopic (exact) mass is 299 g/mol. The standard InChI is InChI=1S/C13H15ClFN3S/c1-2-4-11-13(19-18-17-11)10(16)7-8-5-3-6-9(14)12(8)15/h3,5-6,10H,2,4,7,16H2,1H3. The van der Waals surface area contributed by atoms with E-state index in [0.29, 0.717) is 12.0 Å². The van der Waals surface area contributed by atoms with Crippen molar-refractivity contribution < 1.29 is 4.39 Å². The Morgan fingerprint density at radius 3 is 3.00 bits per heavy atom. The van der Waals surface area contributed by atoms with E-state index in [9.17, 15) is 4.39 Å². The summed E-state index contributed by atoms with van der Waals surface area (Å²) >= 11 is 7.05. The zero-order chi connectivity index (χ0) is 13.8. The largest absolute Gasteiger partial charge is 0.323 e. The van der Waals surface area contributed by atoms with Crippen molar-refractivity contribution in [1.82, 2.24) is 9.59 Å². The molecule has 0 spiro atoms. The maximum absolute atomic E-state index is 13.8. The number of hydrogen-bond donors (Lipinski definition) is 1. The number of benzene rings is 1. The molecule has 0 saturated heterocycles. The molecular formula is C13H15ClFN3S. The Morgan fingerprint density at radius 1 is 1.47 bits per heavy atom. The minimum Gasteiger partial charge on any atom is -0.323 e. The van der Waals surface area contributed by atoms with Gasteiger partial charge in [-0.1, -0.05) is 41.6 Å². The fourth-order valence-electron chi connectivity index (χ4n) is 1.94. The van der Waals surface area contributed by atoms with Gasteiger partial charge in [-0.3, -0.25) is 0 Å². The summed E-state index contributed by atoms with van der Waals surface area (Å²) in [5.74, 6) is -0.394. The first-order valence-corrected chi connectivity index (χ1v) is 7.28. The Bertz CT molecular complexity index is 559. The van der Waals surface area contributed by atoms with Crippen LogP contribution in [-0.2, 0) is 12.8 Å². The lowest BCUT2D eigenvalue weighted by molar-refractivity contribution is 0.594. The molecule has 6 heteroatoms. The smallest absolute Gasteiger partial charge is 0.145 e. The predicted octanol–water partition coefficient (Wildman–Crippen LogP) is 3.53. The molecule has 1 unspecified atom stereocenters. The Hall–Kier alpha value is -1.04. The molecule has 0 radical (unpaired) electrons. The van der Waals surface area contributed by atoms with Crippen LogP contribution in [0.25, 0.3) is 0 Å². The van der Waals surface area contributed by atoms with E-state index in [1.165, 1.54) is 17.6 Å². The summed E-state index contributed by atoms with van der Waals surface area (Å²) in [6.07, 6.45) is 2.22. The highest BCUT2D eigenvalue weighted by molar-refractivity contribution is 7.05. The molecule has 0 aliphatic rings. The lowest BCUT2D eigenvalue weighted by atomic mass is 10.0. The van der Waals surface area contributed by atoms with Crippen molar-refractivity contribution in [1.29, 1.82) is 0 Å². The third kappa shape index (κ3) is 3.29. The second-order valence-corrected chi connectivity index (χ2v) is 5.55. The Morgan fingerprint density at radius 2 is 2.26 bits per heavy atom. The van der Waals surface area contributed by atoms with Crippen molar-refractivity contribution in [3.63, 3.8) is 0 Å². The van der Waals surface area contributed by atoms with Crippen molar-refractivity contribution in [3.05, 3.63) is 45.2 Å². The van der Waals surface area contributed by atoms with Crippen LogP contribution in [0.3, 0.4) is 0 Å². The molecule has 2 N–H and O–H groups in total. The van der Waals surface area contributed by atoms with Crippen LogP contribution in [-0.4, -0.2) is 9.59 Å². The molecular weight excluding hydrogens is 285 g/mol. The van der Waals surface area contributed by atoms with Crippen LogP contribution in [0.5, 0.6) is 0 Å². The van der Waals surface area contributed by atoms with Gasteiger partial charge in [0.1, 0.15) is 5.82 Å². The Kier molecular flexibility index (Phi) is 4.85. The van der Waals surface area contributed by atoms with Gasteiger partial charge in [-0.05, 0) is 36.0 Å². The number of aryl methyl sites for hydroxylation is 1. The summed E-state index contributed by atoms with van der Waals surface area (Å²) in [7, 11) is 0. The van der Waals surface area contributed by atoms with Crippen molar-refractivity contribution in [2.24, 2.45) is 5.73 Å². The van der Waals surface area contributed by atoms with Gasteiger partial charge in [0.15, 0.2) is 0 Å². The van der Waals surface area contributed by atoms with E-state index in [1.807, 2.05) is 0 Å². The van der Waals surface area contributed by atoms with Crippen LogP contribution in [0.1, 0.15) is 35.5 Å². The van der Waals surface area contributed by atoms with Gasteiger partial charge in [-0.25, -0.2) is 4.39 Å². The second kappa shape index (κ2) is 6.41. The van der Waals surface area contributed by atoms with Crippen molar-refractivity contribution in [2.45, 2.75) is 32.2 Å². The van der Waals surface area contributed by atoms with E-state index >= 15 is 0 Å². The van der Waals surface area contributed by atoms with Gasteiger partial charge >= 0.3 is 0 Å². The lowest BCUT2D eigenvalue weighted by Gasteiger charge is -2.11. The van der Waals surface area contributed by atoms with E-state index in [-0.39, 0.29) is 11.1 Å². The first-order chi connectivity index (χ1) is 9.13. The Labute approximate surface area is 120 Å². The fourth-order valence-corrected chi connectivity index (χ4v) is 2.83. The molecule has 0 aliphatic carbocycles. The van der Waals surface area contributed by atoms with Gasteiger partial charge in [-0.15, -0.1) is 5.10 Å². The first-order valence-electron chi connectivity index (χ1n) is 6.13. The molecule has 19 heavy (non-hydrogen) atoms. The topological polar surface area (TPSA) is 51.8 Å². The molecule has 1 atom stereocenters. The van der Waals surface area contributed by atoms with E-state index in [4.69, 9.17) is 17.3 Å². The minimum atomic E-state index is -0.394. The van der Waals surface area contributed by atoms with Crippen molar-refractivity contribution >= 4 is 23.1 Å². The maximum atomic E-state index is 13.8. The van der Waals surface area contributed by atoms with Crippen LogP contribution in [0.2, 0.25) is 5.02 Å². The molecule has 102 valence electrons. The molecule has 0 amide bonds. The van der Waals surface area contributed by atoms with Gasteiger partial charge in [0.25, 0.3) is 0 Å². The van der Waals surface area contributed by atoms with E-state index in [0.717, 1.165) is 23.4 Å². The summed E-state index contributed by atoms with van der Waals surface area (Å²) in [6.45, 7) is 2.07.